The van der Waals surface area contributed by atoms with Gasteiger partial charge in [-0.05, 0) is 31.5 Å². The van der Waals surface area contributed by atoms with Crippen molar-refractivity contribution < 1.29 is 9.84 Å². The van der Waals surface area contributed by atoms with E-state index in [-0.39, 0.29) is 5.75 Å². The first-order valence-corrected chi connectivity index (χ1v) is 6.92. The predicted octanol–water partition coefficient (Wildman–Crippen LogP) is 1.93. The van der Waals surface area contributed by atoms with Crippen LogP contribution in [0.1, 0.15) is 19.4 Å². The molecule has 0 atom stereocenters. The average molecular weight is 264 g/mol. The quantitative estimate of drug-likeness (QED) is 0.901. The Balaban J connectivity index is 1.90. The highest BCUT2D eigenvalue weighted by Crippen LogP contribution is 2.26. The van der Waals surface area contributed by atoms with Gasteiger partial charge in [0.05, 0.1) is 7.11 Å². The molecule has 0 radical (unpaired) electrons. The van der Waals surface area contributed by atoms with E-state index in [9.17, 15) is 5.11 Å². The van der Waals surface area contributed by atoms with Crippen LogP contribution in [0.5, 0.6) is 11.5 Å². The van der Waals surface area contributed by atoms with Crippen LogP contribution in [-0.2, 0) is 6.54 Å². The second kappa shape index (κ2) is 6.26. The number of methoxy groups -OCH3 is 1. The van der Waals surface area contributed by atoms with E-state index in [2.05, 4.69) is 23.6 Å². The van der Waals surface area contributed by atoms with Crippen molar-refractivity contribution in [2.24, 2.45) is 0 Å². The third-order valence-electron chi connectivity index (χ3n) is 3.79. The average Bonchev–Trinajstić information content (AvgIpc) is 2.39. The maximum atomic E-state index is 9.78. The van der Waals surface area contributed by atoms with Gasteiger partial charge >= 0.3 is 0 Å². The first-order valence-electron chi connectivity index (χ1n) is 6.92. The molecule has 2 rings (SSSR count). The molecule has 0 unspecified atom stereocenters. The lowest BCUT2D eigenvalue weighted by molar-refractivity contribution is 0.104. The number of aromatic hydroxyl groups is 1. The van der Waals surface area contributed by atoms with Crippen molar-refractivity contribution >= 4 is 0 Å². The summed E-state index contributed by atoms with van der Waals surface area (Å²) in [6.07, 6.45) is 0. The van der Waals surface area contributed by atoms with Gasteiger partial charge in [0.25, 0.3) is 0 Å². The minimum atomic E-state index is 0.223. The number of benzene rings is 1. The second-order valence-electron chi connectivity index (χ2n) is 5.41. The third-order valence-corrected chi connectivity index (χ3v) is 3.79. The van der Waals surface area contributed by atoms with Crippen LogP contribution in [0.15, 0.2) is 18.2 Å². The van der Waals surface area contributed by atoms with E-state index in [0.717, 1.165) is 38.3 Å². The van der Waals surface area contributed by atoms with Gasteiger partial charge in [0, 0.05) is 38.8 Å². The summed E-state index contributed by atoms with van der Waals surface area (Å²) in [4.78, 5) is 4.93. The molecule has 106 valence electrons. The molecule has 0 bridgehead atoms. The molecule has 1 aliphatic heterocycles. The van der Waals surface area contributed by atoms with Crippen LogP contribution < -0.4 is 4.74 Å². The Kier molecular flexibility index (Phi) is 4.66. The molecule has 1 aromatic carbocycles. The predicted molar refractivity (Wildman–Crippen MR) is 76.6 cm³/mol. The van der Waals surface area contributed by atoms with E-state index < -0.39 is 0 Å². The molecule has 1 heterocycles. The van der Waals surface area contributed by atoms with E-state index in [0.29, 0.717) is 11.8 Å². The third kappa shape index (κ3) is 3.61. The van der Waals surface area contributed by atoms with Crippen LogP contribution in [0.25, 0.3) is 0 Å². The first kappa shape index (κ1) is 14.2. The van der Waals surface area contributed by atoms with Crippen molar-refractivity contribution in [2.45, 2.75) is 26.4 Å². The molecule has 1 fully saturated rings. The maximum Gasteiger partial charge on any atom is 0.160 e. The van der Waals surface area contributed by atoms with Gasteiger partial charge in [-0.15, -0.1) is 0 Å². The Labute approximate surface area is 115 Å². The fraction of sp³-hybridized carbons (Fsp3) is 0.600. The Morgan fingerprint density at radius 1 is 1.21 bits per heavy atom. The minimum absolute atomic E-state index is 0.223. The van der Waals surface area contributed by atoms with Crippen molar-refractivity contribution in [3.63, 3.8) is 0 Å². The summed E-state index contributed by atoms with van der Waals surface area (Å²) < 4.78 is 5.06. The van der Waals surface area contributed by atoms with E-state index in [1.54, 1.807) is 13.2 Å². The molecule has 1 aliphatic rings. The van der Waals surface area contributed by atoms with Crippen LogP contribution in [0.3, 0.4) is 0 Å². The Morgan fingerprint density at radius 3 is 2.42 bits per heavy atom. The van der Waals surface area contributed by atoms with E-state index >= 15 is 0 Å². The second-order valence-corrected chi connectivity index (χ2v) is 5.41. The molecule has 0 amide bonds. The van der Waals surface area contributed by atoms with Gasteiger partial charge in [-0.2, -0.15) is 0 Å². The van der Waals surface area contributed by atoms with Gasteiger partial charge in [0.2, 0.25) is 0 Å². The summed E-state index contributed by atoms with van der Waals surface area (Å²) >= 11 is 0. The van der Waals surface area contributed by atoms with Crippen molar-refractivity contribution in [1.29, 1.82) is 0 Å². The highest BCUT2D eigenvalue weighted by atomic mass is 16.5. The number of phenolic OH excluding ortho intramolecular Hbond substituents is 1. The van der Waals surface area contributed by atoms with Crippen molar-refractivity contribution in [3.8, 4) is 11.5 Å². The summed E-state index contributed by atoms with van der Waals surface area (Å²) in [5.41, 5.74) is 1.14. The number of hydrogen-bond acceptors (Lipinski definition) is 4. The molecule has 1 aromatic rings. The zero-order valence-electron chi connectivity index (χ0n) is 12.1. The summed E-state index contributed by atoms with van der Waals surface area (Å²) in [6.45, 7) is 9.81. The molecule has 1 saturated heterocycles. The Hall–Kier alpha value is -1.26. The number of piperazine rings is 1. The highest BCUT2D eigenvalue weighted by molar-refractivity contribution is 5.41. The molecular weight excluding hydrogens is 240 g/mol. The van der Waals surface area contributed by atoms with Gasteiger partial charge in [0.1, 0.15) is 0 Å². The molecule has 4 heteroatoms. The standard InChI is InChI=1S/C15H24N2O2/c1-12(2)17-8-6-16(7-9-17)11-13-4-5-15(19-3)14(18)10-13/h4-5,10,12,18H,6-9,11H2,1-3H3. The fourth-order valence-corrected chi connectivity index (χ4v) is 2.53. The summed E-state index contributed by atoms with van der Waals surface area (Å²) in [7, 11) is 1.57. The molecular formula is C15H24N2O2. The topological polar surface area (TPSA) is 35.9 Å². The van der Waals surface area contributed by atoms with Crippen molar-refractivity contribution in [3.05, 3.63) is 23.8 Å². The molecule has 0 aromatic heterocycles. The Morgan fingerprint density at radius 2 is 1.89 bits per heavy atom. The largest absolute Gasteiger partial charge is 0.504 e. The molecule has 19 heavy (non-hydrogen) atoms. The Bertz CT molecular complexity index is 413. The van der Waals surface area contributed by atoms with Crippen molar-refractivity contribution in [1.82, 2.24) is 9.80 Å². The number of rotatable bonds is 4. The molecule has 0 saturated carbocycles. The lowest BCUT2D eigenvalue weighted by Crippen LogP contribution is -2.48. The lowest BCUT2D eigenvalue weighted by Gasteiger charge is -2.36. The van der Waals surface area contributed by atoms with Gasteiger partial charge in [0.15, 0.2) is 11.5 Å². The van der Waals surface area contributed by atoms with Gasteiger partial charge in [-0.3, -0.25) is 9.80 Å². The molecule has 4 nitrogen and oxygen atoms in total. The van der Waals surface area contributed by atoms with Crippen LogP contribution in [0, 0.1) is 0 Å². The zero-order chi connectivity index (χ0) is 13.8. The zero-order valence-corrected chi connectivity index (χ0v) is 12.1. The van der Waals surface area contributed by atoms with Gasteiger partial charge in [-0.1, -0.05) is 6.07 Å². The number of nitrogens with zero attached hydrogens (tertiary/aromatic N) is 2. The van der Waals surface area contributed by atoms with Crippen LogP contribution >= 0.6 is 0 Å². The maximum absolute atomic E-state index is 9.78. The first-order chi connectivity index (χ1) is 9.10. The molecule has 0 spiro atoms. The summed E-state index contributed by atoms with van der Waals surface area (Å²) in [5.74, 6) is 0.759. The van der Waals surface area contributed by atoms with Crippen molar-refractivity contribution in [2.75, 3.05) is 33.3 Å². The van der Waals surface area contributed by atoms with Gasteiger partial charge in [-0.25, -0.2) is 0 Å². The summed E-state index contributed by atoms with van der Waals surface area (Å²) in [5, 5.41) is 9.78. The minimum Gasteiger partial charge on any atom is -0.504 e. The van der Waals surface area contributed by atoms with E-state index in [1.165, 1.54) is 0 Å². The lowest BCUT2D eigenvalue weighted by atomic mass is 10.1. The number of hydrogen-bond donors (Lipinski definition) is 1. The SMILES string of the molecule is COc1ccc(CN2CCN(C(C)C)CC2)cc1O. The van der Waals surface area contributed by atoms with Gasteiger partial charge < -0.3 is 9.84 Å². The van der Waals surface area contributed by atoms with Crippen LogP contribution in [-0.4, -0.2) is 54.2 Å². The smallest absolute Gasteiger partial charge is 0.160 e. The van der Waals surface area contributed by atoms with E-state index in [1.807, 2.05) is 12.1 Å². The number of phenols is 1. The molecule has 0 aliphatic carbocycles. The molecule has 1 N–H and O–H groups in total. The van der Waals surface area contributed by atoms with Crippen LogP contribution in [0.4, 0.5) is 0 Å². The normalized spacial score (nSPS) is 17.9. The van der Waals surface area contributed by atoms with E-state index in [4.69, 9.17) is 4.74 Å². The monoisotopic (exact) mass is 264 g/mol. The fourth-order valence-electron chi connectivity index (χ4n) is 2.53. The summed E-state index contributed by atoms with van der Waals surface area (Å²) in [6, 6.07) is 6.28. The van der Waals surface area contributed by atoms with Crippen LogP contribution in [0.2, 0.25) is 0 Å². The highest BCUT2D eigenvalue weighted by Gasteiger charge is 2.18. The number of ether oxygens (including phenoxy) is 1.